The van der Waals surface area contributed by atoms with E-state index in [1.165, 1.54) is 0 Å². The second kappa shape index (κ2) is 7.72. The second-order valence-corrected chi connectivity index (χ2v) is 6.59. The molecule has 1 aromatic heterocycles. The van der Waals surface area contributed by atoms with Crippen LogP contribution in [0.5, 0.6) is 0 Å². The Morgan fingerprint density at radius 2 is 2.08 bits per heavy atom. The van der Waals surface area contributed by atoms with Crippen LogP contribution < -0.4 is 5.32 Å². The normalized spacial score (nSPS) is 17.7. The number of benzene rings is 1. The van der Waals surface area contributed by atoms with Gasteiger partial charge in [-0.2, -0.15) is 0 Å². The molecule has 3 rings (SSSR count). The van der Waals surface area contributed by atoms with Crippen LogP contribution in [0.15, 0.2) is 45.8 Å². The van der Waals surface area contributed by atoms with E-state index in [1.807, 2.05) is 55.4 Å². The zero-order chi connectivity index (χ0) is 17.8. The summed E-state index contributed by atoms with van der Waals surface area (Å²) in [6, 6.07) is 11.1. The van der Waals surface area contributed by atoms with Crippen LogP contribution in [0, 0.1) is 0 Å². The van der Waals surface area contributed by atoms with Gasteiger partial charge in [-0.15, -0.1) is 0 Å². The Balaban J connectivity index is 1.67. The lowest BCUT2D eigenvalue weighted by molar-refractivity contribution is 0.198. The molecule has 1 aromatic carbocycles. The van der Waals surface area contributed by atoms with Gasteiger partial charge in [0.2, 0.25) is 0 Å². The number of hydrogen-bond donors (Lipinski definition) is 1. The summed E-state index contributed by atoms with van der Waals surface area (Å²) >= 11 is 5.90. The number of carbonyl (C=O) groups excluding carboxylic acids is 1. The molecule has 1 fully saturated rings. The van der Waals surface area contributed by atoms with Crippen LogP contribution >= 0.6 is 11.6 Å². The number of carbonyl (C=O) groups is 1. The van der Waals surface area contributed by atoms with Crippen molar-refractivity contribution in [1.82, 2.24) is 15.1 Å². The molecule has 6 nitrogen and oxygen atoms in total. The third-order valence-electron chi connectivity index (χ3n) is 3.97. The molecule has 2 aromatic rings. The van der Waals surface area contributed by atoms with Gasteiger partial charge in [0, 0.05) is 23.7 Å². The fourth-order valence-corrected chi connectivity index (χ4v) is 2.69. The van der Waals surface area contributed by atoms with Crippen LogP contribution in [-0.4, -0.2) is 61.9 Å². The predicted molar refractivity (Wildman–Crippen MR) is 99.2 cm³/mol. The number of nitrogens with one attached hydrogen (secondary N) is 1. The number of nitrogens with zero attached hydrogens (tertiary/aromatic N) is 3. The molecular weight excluding hydrogens is 340 g/mol. The summed E-state index contributed by atoms with van der Waals surface area (Å²) in [6.07, 6.45) is 1.46. The number of urea groups is 1. The molecule has 25 heavy (non-hydrogen) atoms. The van der Waals surface area contributed by atoms with Crippen LogP contribution in [0.2, 0.25) is 5.02 Å². The number of furan rings is 1. The first-order valence-electron chi connectivity index (χ1n) is 8.11. The summed E-state index contributed by atoms with van der Waals surface area (Å²) in [6.45, 7) is 1.93. The number of aliphatic imine (C=N–C) groups is 1. The molecule has 1 N–H and O–H groups in total. The van der Waals surface area contributed by atoms with Gasteiger partial charge in [-0.25, -0.2) is 4.79 Å². The predicted octanol–water partition coefficient (Wildman–Crippen LogP) is 2.93. The van der Waals surface area contributed by atoms with Gasteiger partial charge in [0.15, 0.2) is 0 Å². The molecule has 1 saturated heterocycles. The average molecular weight is 361 g/mol. The van der Waals surface area contributed by atoms with E-state index in [2.05, 4.69) is 10.3 Å². The Labute approximate surface area is 152 Å². The van der Waals surface area contributed by atoms with Crippen molar-refractivity contribution in [3.63, 3.8) is 0 Å². The van der Waals surface area contributed by atoms with Crippen LogP contribution in [0.4, 0.5) is 4.79 Å². The van der Waals surface area contributed by atoms with Crippen molar-refractivity contribution in [1.29, 1.82) is 0 Å². The molecule has 1 aliphatic rings. The fraction of sp³-hybridized carbons (Fsp3) is 0.333. The highest BCUT2D eigenvalue weighted by atomic mass is 35.5. The molecular formula is C18H21ClN4O2. The van der Waals surface area contributed by atoms with E-state index in [0.29, 0.717) is 23.9 Å². The number of likely N-dealkylation sites (N-methyl/N-ethyl adjacent to an activating group) is 1. The highest BCUT2D eigenvalue weighted by Gasteiger charge is 2.29. The molecule has 0 bridgehead atoms. The van der Waals surface area contributed by atoms with Gasteiger partial charge in [-0.05, 0) is 50.5 Å². The van der Waals surface area contributed by atoms with Gasteiger partial charge >= 0.3 is 6.03 Å². The van der Waals surface area contributed by atoms with E-state index in [9.17, 15) is 4.79 Å². The minimum atomic E-state index is -0.212. The number of amides is 2. The molecule has 1 atom stereocenters. The summed E-state index contributed by atoms with van der Waals surface area (Å²) in [5, 5.41) is 3.52. The maximum absolute atomic E-state index is 11.9. The maximum atomic E-state index is 11.9. The molecule has 1 unspecified atom stereocenters. The molecule has 7 heteroatoms. The Hall–Kier alpha value is -2.31. The Morgan fingerprint density at radius 3 is 2.80 bits per heavy atom. The first-order chi connectivity index (χ1) is 12.0. The number of halogens is 1. The Morgan fingerprint density at radius 1 is 1.32 bits per heavy atom. The van der Waals surface area contributed by atoms with E-state index in [4.69, 9.17) is 16.0 Å². The summed E-state index contributed by atoms with van der Waals surface area (Å²) in [4.78, 5) is 20.2. The largest absolute Gasteiger partial charge is 0.455 e. The molecule has 0 aliphatic carbocycles. The smallest absolute Gasteiger partial charge is 0.319 e. The highest BCUT2D eigenvalue weighted by Crippen LogP contribution is 2.23. The van der Waals surface area contributed by atoms with Crippen LogP contribution in [0.25, 0.3) is 11.3 Å². The van der Waals surface area contributed by atoms with Crippen LogP contribution in [-0.2, 0) is 0 Å². The lowest BCUT2D eigenvalue weighted by Gasteiger charge is -2.21. The summed E-state index contributed by atoms with van der Waals surface area (Å²) in [5.41, 5.74) is 0.953. The van der Waals surface area contributed by atoms with Crippen LogP contribution in [0.3, 0.4) is 0 Å². The first-order valence-corrected chi connectivity index (χ1v) is 8.49. The molecule has 132 valence electrons. The van der Waals surface area contributed by atoms with Crippen molar-refractivity contribution in [2.45, 2.75) is 6.17 Å². The Kier molecular flexibility index (Phi) is 5.40. The lowest BCUT2D eigenvalue weighted by atomic mass is 10.2. The van der Waals surface area contributed by atoms with E-state index in [-0.39, 0.29) is 12.2 Å². The molecule has 0 radical (unpaired) electrons. The first kappa shape index (κ1) is 17.5. The van der Waals surface area contributed by atoms with Crippen LogP contribution in [0.1, 0.15) is 5.76 Å². The zero-order valence-electron chi connectivity index (χ0n) is 14.3. The molecule has 2 amide bonds. The van der Waals surface area contributed by atoms with Crippen molar-refractivity contribution in [3.8, 4) is 11.3 Å². The molecule has 1 aliphatic heterocycles. The molecule has 2 heterocycles. The van der Waals surface area contributed by atoms with Gasteiger partial charge in [-0.3, -0.25) is 9.89 Å². The van der Waals surface area contributed by atoms with Crippen molar-refractivity contribution < 1.29 is 9.21 Å². The Bertz CT molecular complexity index is 755. The van der Waals surface area contributed by atoms with E-state index >= 15 is 0 Å². The summed E-state index contributed by atoms with van der Waals surface area (Å²) in [7, 11) is 3.96. The topological polar surface area (TPSA) is 61.1 Å². The van der Waals surface area contributed by atoms with Crippen molar-refractivity contribution in [3.05, 3.63) is 47.2 Å². The summed E-state index contributed by atoms with van der Waals surface area (Å²) < 4.78 is 5.81. The maximum Gasteiger partial charge on any atom is 0.319 e. The lowest BCUT2D eigenvalue weighted by Crippen LogP contribution is -2.38. The SMILES string of the molecule is CN(C)CCN1C(=O)NCC1N=Cc1ccc(-c2ccc(Cl)cc2)o1. The van der Waals surface area contributed by atoms with Gasteiger partial charge in [-0.1, -0.05) is 11.6 Å². The van der Waals surface area contributed by atoms with Gasteiger partial charge in [0.1, 0.15) is 17.7 Å². The standard InChI is InChI=1S/C18H21ClN4O2/c1-22(2)9-10-23-17(12-21-18(23)24)20-11-15-7-8-16(25-15)13-3-5-14(19)6-4-13/h3-8,11,17H,9-10,12H2,1-2H3,(H,21,24). The van der Waals surface area contributed by atoms with Crippen molar-refractivity contribution in [2.75, 3.05) is 33.7 Å². The van der Waals surface area contributed by atoms with Crippen molar-refractivity contribution in [2.24, 2.45) is 4.99 Å². The van der Waals surface area contributed by atoms with Gasteiger partial charge in [0.05, 0.1) is 12.8 Å². The second-order valence-electron chi connectivity index (χ2n) is 6.15. The monoisotopic (exact) mass is 360 g/mol. The number of rotatable bonds is 6. The minimum absolute atomic E-state index is 0.0784. The molecule has 0 spiro atoms. The summed E-state index contributed by atoms with van der Waals surface area (Å²) in [5.74, 6) is 1.40. The van der Waals surface area contributed by atoms with Gasteiger partial charge in [0.25, 0.3) is 0 Å². The fourth-order valence-electron chi connectivity index (χ4n) is 2.57. The quantitative estimate of drug-likeness (QED) is 0.806. The third-order valence-corrected chi connectivity index (χ3v) is 4.23. The third kappa shape index (κ3) is 4.41. The van der Waals surface area contributed by atoms with Crippen molar-refractivity contribution >= 4 is 23.8 Å². The van der Waals surface area contributed by atoms with E-state index in [0.717, 1.165) is 17.9 Å². The minimum Gasteiger partial charge on any atom is -0.455 e. The number of hydrogen-bond acceptors (Lipinski definition) is 4. The van der Waals surface area contributed by atoms with E-state index in [1.54, 1.807) is 11.1 Å². The zero-order valence-corrected chi connectivity index (χ0v) is 15.0. The average Bonchev–Trinajstić information content (AvgIpc) is 3.18. The van der Waals surface area contributed by atoms with E-state index < -0.39 is 0 Å². The molecule has 0 saturated carbocycles. The highest BCUT2D eigenvalue weighted by molar-refractivity contribution is 6.30. The van der Waals surface area contributed by atoms with Gasteiger partial charge < -0.3 is 14.6 Å².